The third-order valence-corrected chi connectivity index (χ3v) is 4.04. The van der Waals surface area contributed by atoms with Gasteiger partial charge in [-0.25, -0.2) is 4.98 Å². The number of nitrogens with zero attached hydrogens (tertiary/aromatic N) is 4. The van der Waals surface area contributed by atoms with Crippen molar-refractivity contribution in [3.63, 3.8) is 0 Å². The maximum Gasteiger partial charge on any atom is 0.240 e. The van der Waals surface area contributed by atoms with Crippen molar-refractivity contribution in [2.24, 2.45) is 0 Å². The number of carbonyl (C=O) groups is 1. The molecule has 3 rings (SSSR count). The lowest BCUT2D eigenvalue weighted by atomic mass is 10.2. The molecule has 1 aliphatic rings. The molecule has 1 amide bonds. The first-order valence-electron chi connectivity index (χ1n) is 7.34. The fourth-order valence-corrected chi connectivity index (χ4v) is 2.85. The average molecular weight is 334 g/mol. The van der Waals surface area contributed by atoms with Crippen LogP contribution in [0.15, 0.2) is 29.9 Å². The molecule has 1 saturated heterocycles. The van der Waals surface area contributed by atoms with E-state index in [0.717, 1.165) is 12.4 Å². The third kappa shape index (κ3) is 4.95. The normalized spacial score (nSPS) is 18.5. The Kier molecular flexibility index (Phi) is 5.46. The standard InChI is InChI=1S/C14H18N6O2S/c21-13(18-14-15-4-7-23-14)10-20-5-6-22-11(9-20)8-16-12-2-1-3-17-19-12/h1-4,7,11H,5-6,8-10H2,(H,16,19)(H,15,18,21)/t11-/m0/s1. The molecule has 2 N–H and O–H groups in total. The fourth-order valence-electron chi connectivity index (χ4n) is 2.31. The van der Waals surface area contributed by atoms with Crippen molar-refractivity contribution in [2.75, 3.05) is 43.4 Å². The van der Waals surface area contributed by atoms with E-state index in [1.54, 1.807) is 12.4 Å². The number of anilines is 2. The Hall–Kier alpha value is -2.10. The predicted octanol–water partition coefficient (Wildman–Crippen LogP) is 0.684. The maximum atomic E-state index is 12.0. The first kappa shape index (κ1) is 15.8. The molecule has 0 spiro atoms. The quantitative estimate of drug-likeness (QED) is 0.803. The first-order valence-corrected chi connectivity index (χ1v) is 8.22. The van der Waals surface area contributed by atoms with E-state index in [0.29, 0.717) is 31.4 Å². The van der Waals surface area contributed by atoms with Gasteiger partial charge in [0, 0.05) is 37.4 Å². The van der Waals surface area contributed by atoms with E-state index in [9.17, 15) is 4.79 Å². The van der Waals surface area contributed by atoms with Crippen molar-refractivity contribution >= 4 is 28.2 Å². The van der Waals surface area contributed by atoms with Gasteiger partial charge in [-0.15, -0.1) is 16.4 Å². The number of rotatable bonds is 6. The lowest BCUT2D eigenvalue weighted by Crippen LogP contribution is -2.47. The molecule has 0 saturated carbocycles. The minimum absolute atomic E-state index is 0.0124. The van der Waals surface area contributed by atoms with Gasteiger partial charge in [-0.2, -0.15) is 5.10 Å². The number of hydrogen-bond donors (Lipinski definition) is 2. The molecule has 0 unspecified atom stereocenters. The van der Waals surface area contributed by atoms with Crippen LogP contribution >= 0.6 is 11.3 Å². The number of aromatic nitrogens is 3. The largest absolute Gasteiger partial charge is 0.374 e. The molecule has 3 heterocycles. The van der Waals surface area contributed by atoms with Crippen molar-refractivity contribution in [3.8, 4) is 0 Å². The Morgan fingerprint density at radius 1 is 1.48 bits per heavy atom. The molecule has 0 radical (unpaired) electrons. The second-order valence-electron chi connectivity index (χ2n) is 5.10. The van der Waals surface area contributed by atoms with Gasteiger partial charge in [-0.3, -0.25) is 9.69 Å². The average Bonchev–Trinajstić information content (AvgIpc) is 3.07. The van der Waals surface area contributed by atoms with E-state index < -0.39 is 0 Å². The minimum atomic E-state index is -0.0533. The molecule has 23 heavy (non-hydrogen) atoms. The van der Waals surface area contributed by atoms with Crippen molar-refractivity contribution in [3.05, 3.63) is 29.9 Å². The zero-order chi connectivity index (χ0) is 15.9. The number of morpholine rings is 1. The number of ether oxygens (including phenoxy) is 1. The molecular weight excluding hydrogens is 316 g/mol. The first-order chi connectivity index (χ1) is 11.3. The summed E-state index contributed by atoms with van der Waals surface area (Å²) in [6.07, 6.45) is 3.31. The third-order valence-electron chi connectivity index (χ3n) is 3.35. The van der Waals surface area contributed by atoms with Gasteiger partial charge in [0.05, 0.1) is 19.3 Å². The van der Waals surface area contributed by atoms with Crippen molar-refractivity contribution < 1.29 is 9.53 Å². The number of carbonyl (C=O) groups excluding carboxylic acids is 1. The topological polar surface area (TPSA) is 92.3 Å². The minimum Gasteiger partial charge on any atom is -0.374 e. The summed E-state index contributed by atoms with van der Waals surface area (Å²) in [6, 6.07) is 3.68. The van der Waals surface area contributed by atoms with Gasteiger partial charge in [0.25, 0.3) is 0 Å². The van der Waals surface area contributed by atoms with Gasteiger partial charge in [0.15, 0.2) is 5.13 Å². The number of hydrogen-bond acceptors (Lipinski definition) is 8. The van der Waals surface area contributed by atoms with Gasteiger partial charge >= 0.3 is 0 Å². The van der Waals surface area contributed by atoms with Crippen LogP contribution in [0.5, 0.6) is 0 Å². The lowest BCUT2D eigenvalue weighted by Gasteiger charge is -2.32. The smallest absolute Gasteiger partial charge is 0.240 e. The molecule has 0 bridgehead atoms. The second-order valence-corrected chi connectivity index (χ2v) is 6.00. The van der Waals surface area contributed by atoms with Gasteiger partial charge in [0.2, 0.25) is 5.91 Å². The summed E-state index contributed by atoms with van der Waals surface area (Å²) in [4.78, 5) is 18.1. The Bertz CT molecular complexity index is 609. The Labute approximate surface area is 137 Å². The molecule has 122 valence electrons. The predicted molar refractivity (Wildman–Crippen MR) is 87.4 cm³/mol. The summed E-state index contributed by atoms with van der Waals surface area (Å²) in [5.74, 6) is 0.664. The van der Waals surface area contributed by atoms with Crippen LogP contribution in [0.25, 0.3) is 0 Å². The summed E-state index contributed by atoms with van der Waals surface area (Å²) in [5.41, 5.74) is 0. The van der Waals surface area contributed by atoms with Crippen LogP contribution in [0, 0.1) is 0 Å². The van der Waals surface area contributed by atoms with Gasteiger partial charge in [-0.05, 0) is 12.1 Å². The SMILES string of the molecule is O=C(CN1CCO[C@@H](CNc2cccnn2)C1)Nc1nccs1. The molecule has 1 fully saturated rings. The van der Waals surface area contributed by atoms with E-state index in [4.69, 9.17) is 4.74 Å². The van der Waals surface area contributed by atoms with E-state index in [-0.39, 0.29) is 12.0 Å². The molecule has 2 aromatic heterocycles. The Balaban J connectivity index is 1.43. The molecule has 9 heteroatoms. The van der Waals surface area contributed by atoms with Crippen molar-refractivity contribution in [2.45, 2.75) is 6.10 Å². The summed E-state index contributed by atoms with van der Waals surface area (Å²) < 4.78 is 5.72. The second kappa shape index (κ2) is 7.95. The zero-order valence-corrected chi connectivity index (χ0v) is 13.3. The van der Waals surface area contributed by atoms with Gasteiger partial charge in [-0.1, -0.05) is 0 Å². The molecule has 8 nitrogen and oxygen atoms in total. The van der Waals surface area contributed by atoms with Crippen LogP contribution in [-0.2, 0) is 9.53 Å². The molecule has 0 aromatic carbocycles. The van der Waals surface area contributed by atoms with Crippen LogP contribution in [0.3, 0.4) is 0 Å². The van der Waals surface area contributed by atoms with E-state index in [1.165, 1.54) is 11.3 Å². The molecule has 1 atom stereocenters. The molecule has 1 aliphatic heterocycles. The Morgan fingerprint density at radius 3 is 3.22 bits per heavy atom. The number of nitrogens with one attached hydrogen (secondary N) is 2. The molecular formula is C14H18N6O2S. The molecule has 0 aliphatic carbocycles. The highest BCUT2D eigenvalue weighted by molar-refractivity contribution is 7.13. The van der Waals surface area contributed by atoms with Crippen LogP contribution in [0.4, 0.5) is 10.9 Å². The van der Waals surface area contributed by atoms with Gasteiger partial charge in [0.1, 0.15) is 5.82 Å². The Morgan fingerprint density at radius 2 is 2.43 bits per heavy atom. The summed E-state index contributed by atoms with van der Waals surface area (Å²) >= 11 is 1.41. The van der Waals surface area contributed by atoms with Crippen LogP contribution in [-0.4, -0.2) is 64.9 Å². The number of amides is 1. The summed E-state index contributed by atoms with van der Waals surface area (Å²) in [5, 5.41) is 16.2. The maximum absolute atomic E-state index is 12.0. The fraction of sp³-hybridized carbons (Fsp3) is 0.429. The highest BCUT2D eigenvalue weighted by atomic mass is 32.1. The van der Waals surface area contributed by atoms with Crippen molar-refractivity contribution in [1.82, 2.24) is 20.1 Å². The summed E-state index contributed by atoms with van der Waals surface area (Å²) in [6.45, 7) is 3.01. The highest BCUT2D eigenvalue weighted by Crippen LogP contribution is 2.11. The van der Waals surface area contributed by atoms with Crippen LogP contribution < -0.4 is 10.6 Å². The lowest BCUT2D eigenvalue weighted by molar-refractivity contribution is -0.119. The summed E-state index contributed by atoms with van der Waals surface area (Å²) in [7, 11) is 0. The van der Waals surface area contributed by atoms with E-state index >= 15 is 0 Å². The number of thiazole rings is 1. The molecule has 2 aromatic rings. The van der Waals surface area contributed by atoms with E-state index in [1.807, 2.05) is 17.5 Å². The van der Waals surface area contributed by atoms with E-state index in [2.05, 4.69) is 30.7 Å². The zero-order valence-electron chi connectivity index (χ0n) is 12.5. The van der Waals surface area contributed by atoms with Gasteiger partial charge < -0.3 is 15.4 Å². The monoisotopic (exact) mass is 334 g/mol. The van der Waals surface area contributed by atoms with Crippen LogP contribution in [0.2, 0.25) is 0 Å². The van der Waals surface area contributed by atoms with Crippen molar-refractivity contribution in [1.29, 1.82) is 0 Å². The highest BCUT2D eigenvalue weighted by Gasteiger charge is 2.22. The van der Waals surface area contributed by atoms with Crippen LogP contribution in [0.1, 0.15) is 0 Å².